The molecule has 0 aliphatic carbocycles. The van der Waals surface area contributed by atoms with Crippen LogP contribution in [0, 0.1) is 0 Å². The molecule has 2 rings (SSSR count). The molecule has 0 radical (unpaired) electrons. The van der Waals surface area contributed by atoms with E-state index in [0.29, 0.717) is 6.54 Å². The largest absolute Gasteiger partial charge is 0.312 e. The van der Waals surface area contributed by atoms with E-state index in [2.05, 4.69) is 4.72 Å². The van der Waals surface area contributed by atoms with Gasteiger partial charge >= 0.3 is 0 Å². The number of carbonyl (C=O) groups excluding carboxylic acids is 1. The third kappa shape index (κ3) is 3.50. The minimum absolute atomic E-state index is 0.00767. The molecule has 0 fully saturated rings. The van der Waals surface area contributed by atoms with E-state index < -0.39 is 10.0 Å². The predicted octanol–water partition coefficient (Wildman–Crippen LogP) is 2.45. The third-order valence-corrected chi connectivity index (χ3v) is 5.69. The Bertz CT molecular complexity index is 651. The standard InChI is InChI=1S/C16H24N2O3S/c1-4-14(5-2)17-22(20,21)15-8-9-16-13(11-15)7-6-10-18(16)12(3)19/h8-9,11,14,17H,4-7,10H2,1-3H3. The van der Waals surface area contributed by atoms with Crippen LogP contribution in [0.25, 0.3) is 0 Å². The lowest BCUT2D eigenvalue weighted by molar-refractivity contribution is -0.116. The fraction of sp³-hybridized carbons (Fsp3) is 0.562. The fourth-order valence-corrected chi connectivity index (χ4v) is 4.26. The Morgan fingerprint density at radius 1 is 1.32 bits per heavy atom. The molecule has 0 spiro atoms. The normalized spacial score (nSPS) is 15.0. The van der Waals surface area contributed by atoms with Crippen molar-refractivity contribution in [2.24, 2.45) is 0 Å². The zero-order valence-electron chi connectivity index (χ0n) is 13.4. The topological polar surface area (TPSA) is 66.5 Å². The summed E-state index contributed by atoms with van der Waals surface area (Å²) in [5.41, 5.74) is 1.76. The summed E-state index contributed by atoms with van der Waals surface area (Å²) in [6.07, 6.45) is 3.18. The lowest BCUT2D eigenvalue weighted by Crippen LogP contribution is -2.35. The average molecular weight is 324 g/mol. The second-order valence-electron chi connectivity index (χ2n) is 5.70. The van der Waals surface area contributed by atoms with E-state index in [9.17, 15) is 13.2 Å². The van der Waals surface area contributed by atoms with Crippen LogP contribution in [0.1, 0.15) is 45.6 Å². The summed E-state index contributed by atoms with van der Waals surface area (Å²) < 4.78 is 27.7. The first-order valence-electron chi connectivity index (χ1n) is 7.82. The Labute approximate surface area is 132 Å². The van der Waals surface area contributed by atoms with Gasteiger partial charge in [0, 0.05) is 25.2 Å². The number of carbonyl (C=O) groups is 1. The van der Waals surface area contributed by atoms with Crippen molar-refractivity contribution in [2.45, 2.75) is 57.4 Å². The van der Waals surface area contributed by atoms with Gasteiger partial charge in [-0.3, -0.25) is 4.79 Å². The highest BCUT2D eigenvalue weighted by Crippen LogP contribution is 2.29. The van der Waals surface area contributed by atoms with Gasteiger partial charge in [-0.2, -0.15) is 0 Å². The van der Waals surface area contributed by atoms with Gasteiger partial charge in [-0.1, -0.05) is 13.8 Å². The van der Waals surface area contributed by atoms with Gasteiger partial charge in [0.05, 0.1) is 4.90 Å². The molecule has 6 heteroatoms. The predicted molar refractivity (Wildman–Crippen MR) is 87.5 cm³/mol. The van der Waals surface area contributed by atoms with Crippen LogP contribution in [0.4, 0.5) is 5.69 Å². The van der Waals surface area contributed by atoms with Gasteiger partial charge in [0.15, 0.2) is 0 Å². The average Bonchev–Trinajstić information content (AvgIpc) is 2.51. The van der Waals surface area contributed by atoms with Crippen LogP contribution < -0.4 is 9.62 Å². The maximum Gasteiger partial charge on any atom is 0.240 e. The van der Waals surface area contributed by atoms with Gasteiger partial charge in [0.2, 0.25) is 15.9 Å². The van der Waals surface area contributed by atoms with E-state index in [-0.39, 0.29) is 16.8 Å². The second kappa shape index (κ2) is 6.79. The smallest absolute Gasteiger partial charge is 0.240 e. The van der Waals surface area contributed by atoms with Crippen molar-refractivity contribution >= 4 is 21.6 Å². The maximum absolute atomic E-state index is 12.5. The summed E-state index contributed by atoms with van der Waals surface area (Å²) in [6, 6.07) is 4.99. The lowest BCUT2D eigenvalue weighted by atomic mass is 10.0. The number of hydrogen-bond acceptors (Lipinski definition) is 3. The Hall–Kier alpha value is -1.40. The minimum Gasteiger partial charge on any atom is -0.312 e. The van der Waals surface area contributed by atoms with Gasteiger partial charge in [-0.25, -0.2) is 13.1 Å². The van der Waals surface area contributed by atoms with Crippen molar-refractivity contribution in [1.29, 1.82) is 0 Å². The molecule has 0 atom stereocenters. The molecule has 1 N–H and O–H groups in total. The van der Waals surface area contributed by atoms with E-state index in [1.165, 1.54) is 6.92 Å². The first-order chi connectivity index (χ1) is 10.4. The molecular formula is C16H24N2O3S. The number of hydrogen-bond donors (Lipinski definition) is 1. The summed E-state index contributed by atoms with van der Waals surface area (Å²) in [4.78, 5) is 13.7. The molecule has 0 aromatic heterocycles. The molecule has 1 amide bonds. The van der Waals surface area contributed by atoms with Gasteiger partial charge in [-0.15, -0.1) is 0 Å². The van der Waals surface area contributed by atoms with Crippen LogP contribution in [-0.2, 0) is 21.2 Å². The summed E-state index contributed by atoms with van der Waals surface area (Å²) in [5.74, 6) is -0.00767. The summed E-state index contributed by atoms with van der Waals surface area (Å²) >= 11 is 0. The number of fused-ring (bicyclic) bond motifs is 1. The number of nitrogens with one attached hydrogen (secondary N) is 1. The van der Waals surface area contributed by atoms with Gasteiger partial charge in [0.25, 0.3) is 0 Å². The van der Waals surface area contributed by atoms with E-state index in [1.54, 1.807) is 23.1 Å². The molecule has 0 saturated carbocycles. The summed E-state index contributed by atoms with van der Waals surface area (Å²) in [7, 11) is -3.51. The molecule has 5 nitrogen and oxygen atoms in total. The zero-order valence-corrected chi connectivity index (χ0v) is 14.2. The number of anilines is 1. The molecule has 22 heavy (non-hydrogen) atoms. The number of aryl methyl sites for hydroxylation is 1. The number of rotatable bonds is 5. The first-order valence-corrected chi connectivity index (χ1v) is 9.30. The maximum atomic E-state index is 12.5. The van der Waals surface area contributed by atoms with E-state index in [1.807, 2.05) is 13.8 Å². The van der Waals surface area contributed by atoms with Crippen molar-refractivity contribution in [1.82, 2.24) is 4.72 Å². The second-order valence-corrected chi connectivity index (χ2v) is 7.41. The van der Waals surface area contributed by atoms with Crippen molar-refractivity contribution < 1.29 is 13.2 Å². The molecular weight excluding hydrogens is 300 g/mol. The Morgan fingerprint density at radius 2 is 2.00 bits per heavy atom. The summed E-state index contributed by atoms with van der Waals surface area (Å²) in [6.45, 7) is 6.16. The monoisotopic (exact) mass is 324 g/mol. The van der Waals surface area contributed by atoms with Crippen LogP contribution in [0.5, 0.6) is 0 Å². The lowest BCUT2D eigenvalue weighted by Gasteiger charge is -2.29. The fourth-order valence-electron chi connectivity index (χ4n) is 2.81. The quantitative estimate of drug-likeness (QED) is 0.904. The molecule has 0 bridgehead atoms. The van der Waals surface area contributed by atoms with Crippen LogP contribution in [0.3, 0.4) is 0 Å². The van der Waals surface area contributed by atoms with E-state index >= 15 is 0 Å². The van der Waals surface area contributed by atoms with Crippen LogP contribution in [-0.4, -0.2) is 26.9 Å². The highest BCUT2D eigenvalue weighted by molar-refractivity contribution is 7.89. The van der Waals surface area contributed by atoms with Crippen molar-refractivity contribution in [3.63, 3.8) is 0 Å². The molecule has 1 aromatic carbocycles. The Kier molecular flexibility index (Phi) is 5.24. The van der Waals surface area contributed by atoms with Gasteiger partial charge < -0.3 is 4.90 Å². The molecule has 1 aromatic rings. The number of amides is 1. The number of nitrogens with zero attached hydrogens (tertiary/aromatic N) is 1. The minimum atomic E-state index is -3.51. The van der Waals surface area contributed by atoms with Crippen LogP contribution in [0.2, 0.25) is 0 Å². The SMILES string of the molecule is CCC(CC)NS(=O)(=O)c1ccc2c(c1)CCCN2C(C)=O. The highest BCUT2D eigenvalue weighted by Gasteiger charge is 2.24. The molecule has 1 heterocycles. The molecule has 1 aliphatic heterocycles. The highest BCUT2D eigenvalue weighted by atomic mass is 32.2. The molecule has 0 saturated heterocycles. The van der Waals surface area contributed by atoms with Crippen molar-refractivity contribution in [3.8, 4) is 0 Å². The van der Waals surface area contributed by atoms with Crippen molar-refractivity contribution in [3.05, 3.63) is 23.8 Å². The number of benzene rings is 1. The van der Waals surface area contributed by atoms with Crippen molar-refractivity contribution in [2.75, 3.05) is 11.4 Å². The van der Waals surface area contributed by atoms with E-state index in [4.69, 9.17) is 0 Å². The third-order valence-electron chi connectivity index (χ3n) is 4.17. The van der Waals surface area contributed by atoms with Gasteiger partial charge in [0.1, 0.15) is 0 Å². The molecule has 1 aliphatic rings. The van der Waals surface area contributed by atoms with E-state index in [0.717, 1.165) is 36.9 Å². The Morgan fingerprint density at radius 3 is 2.59 bits per heavy atom. The Balaban J connectivity index is 2.33. The zero-order chi connectivity index (χ0) is 16.3. The van der Waals surface area contributed by atoms with Crippen LogP contribution in [0.15, 0.2) is 23.1 Å². The molecule has 122 valence electrons. The first kappa shape index (κ1) is 17.0. The summed E-state index contributed by atoms with van der Waals surface area (Å²) in [5, 5.41) is 0. The van der Waals surface area contributed by atoms with Gasteiger partial charge in [-0.05, 0) is 49.4 Å². The molecule has 0 unspecified atom stereocenters. The number of sulfonamides is 1. The van der Waals surface area contributed by atoms with Crippen LogP contribution >= 0.6 is 0 Å².